The van der Waals surface area contributed by atoms with E-state index in [0.717, 1.165) is 0 Å². The first-order valence-electron chi connectivity index (χ1n) is 3.79. The Hall–Kier alpha value is -0.560. The van der Waals surface area contributed by atoms with Crippen LogP contribution in [0.15, 0.2) is 24.3 Å². The quantitative estimate of drug-likeness (QED) is 0.572. The smallest absolute Gasteiger partial charge is 0.00162 e. The van der Waals surface area contributed by atoms with Crippen LogP contribution >= 0.6 is 0 Å². The Labute approximate surface area is 63.0 Å². The van der Waals surface area contributed by atoms with Crippen molar-refractivity contribution in [2.75, 3.05) is 20.6 Å². The van der Waals surface area contributed by atoms with Gasteiger partial charge in [0, 0.05) is 0 Å². The third-order valence-electron chi connectivity index (χ3n) is 1.74. The van der Waals surface area contributed by atoms with E-state index in [1.54, 1.807) is 0 Å². The lowest BCUT2D eigenvalue weighted by Gasteiger charge is -2.10. The van der Waals surface area contributed by atoms with E-state index in [-0.39, 0.29) is 0 Å². The van der Waals surface area contributed by atoms with Crippen molar-refractivity contribution in [3.8, 4) is 0 Å². The summed E-state index contributed by atoms with van der Waals surface area (Å²) in [7, 11) is 4.23. The third-order valence-corrected chi connectivity index (χ3v) is 1.74. The third kappa shape index (κ3) is 2.36. The van der Waals surface area contributed by atoms with Gasteiger partial charge < -0.3 is 4.90 Å². The molecule has 0 radical (unpaired) electrons. The second-order valence-corrected chi connectivity index (χ2v) is 3.03. The maximum Gasteiger partial charge on any atom is -0.00162 e. The first-order chi connectivity index (χ1) is 4.79. The van der Waals surface area contributed by atoms with Crippen LogP contribution < -0.4 is 0 Å². The Morgan fingerprint density at radius 3 is 2.30 bits per heavy atom. The molecule has 1 rings (SSSR count). The molecule has 1 heteroatoms. The van der Waals surface area contributed by atoms with Gasteiger partial charge in [0.1, 0.15) is 0 Å². The molecule has 0 unspecified atom stereocenters. The Bertz CT molecular complexity index is 133. The summed E-state index contributed by atoms with van der Waals surface area (Å²) >= 11 is 0. The van der Waals surface area contributed by atoms with Gasteiger partial charge in [-0.25, -0.2) is 0 Å². The molecule has 56 valence electrons. The number of hydrogen-bond donors (Lipinski definition) is 0. The molecule has 1 nitrogen and oxygen atoms in total. The normalized spacial score (nSPS) is 17.5. The average Bonchev–Trinajstić information content (AvgIpc) is 2.34. The SMILES string of the molecule is CN(C)CCC1C=CC=C1. The van der Waals surface area contributed by atoms with E-state index in [4.69, 9.17) is 0 Å². The van der Waals surface area contributed by atoms with Crippen molar-refractivity contribution in [1.82, 2.24) is 4.90 Å². The van der Waals surface area contributed by atoms with Crippen LogP contribution in [-0.4, -0.2) is 25.5 Å². The number of hydrogen-bond acceptors (Lipinski definition) is 1. The summed E-state index contributed by atoms with van der Waals surface area (Å²) in [5, 5.41) is 0. The van der Waals surface area contributed by atoms with Gasteiger partial charge in [-0.2, -0.15) is 0 Å². The van der Waals surface area contributed by atoms with Crippen molar-refractivity contribution < 1.29 is 0 Å². The summed E-state index contributed by atoms with van der Waals surface area (Å²) < 4.78 is 0. The van der Waals surface area contributed by atoms with Crippen LogP contribution in [0.2, 0.25) is 0 Å². The molecule has 0 fully saturated rings. The molecule has 1 aliphatic carbocycles. The molecule has 0 bridgehead atoms. The van der Waals surface area contributed by atoms with Gasteiger partial charge in [-0.3, -0.25) is 0 Å². The Balaban J connectivity index is 2.14. The molecule has 0 amide bonds. The first kappa shape index (κ1) is 7.55. The molecule has 0 atom stereocenters. The molecule has 0 heterocycles. The zero-order valence-electron chi connectivity index (χ0n) is 6.75. The number of nitrogens with zero attached hydrogens (tertiary/aromatic N) is 1. The summed E-state index contributed by atoms with van der Waals surface area (Å²) in [6.45, 7) is 1.18. The van der Waals surface area contributed by atoms with Gasteiger partial charge in [-0.1, -0.05) is 24.3 Å². The lowest BCUT2D eigenvalue weighted by molar-refractivity contribution is 0.388. The second kappa shape index (κ2) is 3.57. The molecule has 0 aromatic heterocycles. The fourth-order valence-corrected chi connectivity index (χ4v) is 1.08. The Kier molecular flexibility index (Phi) is 2.69. The van der Waals surface area contributed by atoms with Gasteiger partial charge in [-0.15, -0.1) is 0 Å². The van der Waals surface area contributed by atoms with Crippen LogP contribution in [0, 0.1) is 5.92 Å². The zero-order chi connectivity index (χ0) is 7.40. The van der Waals surface area contributed by atoms with Crippen LogP contribution in [0.4, 0.5) is 0 Å². The van der Waals surface area contributed by atoms with Crippen molar-refractivity contribution in [2.24, 2.45) is 5.92 Å². The molecule has 0 spiro atoms. The summed E-state index contributed by atoms with van der Waals surface area (Å²) in [5.41, 5.74) is 0. The van der Waals surface area contributed by atoms with Gasteiger partial charge in [-0.05, 0) is 33.0 Å². The van der Waals surface area contributed by atoms with Crippen molar-refractivity contribution in [1.29, 1.82) is 0 Å². The molecule has 0 aromatic carbocycles. The van der Waals surface area contributed by atoms with Crippen molar-refractivity contribution >= 4 is 0 Å². The van der Waals surface area contributed by atoms with Gasteiger partial charge in [0.25, 0.3) is 0 Å². The Morgan fingerprint density at radius 2 is 1.80 bits per heavy atom. The molecular weight excluding hydrogens is 122 g/mol. The largest absolute Gasteiger partial charge is 0.309 e. The standard InChI is InChI=1S/C9H15N/c1-10(2)8-7-9-5-3-4-6-9/h3-6,9H,7-8H2,1-2H3. The van der Waals surface area contributed by atoms with Gasteiger partial charge in [0.05, 0.1) is 0 Å². The molecule has 0 aromatic rings. The van der Waals surface area contributed by atoms with Crippen molar-refractivity contribution in [3.63, 3.8) is 0 Å². The highest BCUT2D eigenvalue weighted by atomic mass is 15.0. The lowest BCUT2D eigenvalue weighted by atomic mass is 10.1. The van der Waals surface area contributed by atoms with E-state index in [2.05, 4.69) is 43.3 Å². The van der Waals surface area contributed by atoms with Crippen LogP contribution in [0.1, 0.15) is 6.42 Å². The fourth-order valence-electron chi connectivity index (χ4n) is 1.08. The molecule has 0 saturated heterocycles. The number of allylic oxidation sites excluding steroid dienone is 4. The van der Waals surface area contributed by atoms with E-state index in [9.17, 15) is 0 Å². The highest BCUT2D eigenvalue weighted by Crippen LogP contribution is 2.12. The molecule has 0 N–H and O–H groups in total. The van der Waals surface area contributed by atoms with Gasteiger partial charge >= 0.3 is 0 Å². The predicted molar refractivity (Wildman–Crippen MR) is 44.9 cm³/mol. The Morgan fingerprint density at radius 1 is 1.20 bits per heavy atom. The summed E-state index contributed by atoms with van der Waals surface area (Å²) in [6, 6.07) is 0. The van der Waals surface area contributed by atoms with Gasteiger partial charge in [0.2, 0.25) is 0 Å². The highest BCUT2D eigenvalue weighted by Gasteiger charge is 2.02. The predicted octanol–water partition coefficient (Wildman–Crippen LogP) is 1.68. The summed E-state index contributed by atoms with van der Waals surface area (Å²) in [6.07, 6.45) is 10.0. The number of rotatable bonds is 3. The van der Waals surface area contributed by atoms with Crippen LogP contribution in [-0.2, 0) is 0 Å². The maximum absolute atomic E-state index is 2.25. The first-order valence-corrected chi connectivity index (χ1v) is 3.79. The van der Waals surface area contributed by atoms with Crippen molar-refractivity contribution in [3.05, 3.63) is 24.3 Å². The van der Waals surface area contributed by atoms with E-state index in [1.165, 1.54) is 13.0 Å². The average molecular weight is 137 g/mol. The molecule has 0 saturated carbocycles. The maximum atomic E-state index is 2.25. The summed E-state index contributed by atoms with van der Waals surface area (Å²) in [5.74, 6) is 0.697. The minimum absolute atomic E-state index is 0.697. The van der Waals surface area contributed by atoms with Gasteiger partial charge in [0.15, 0.2) is 0 Å². The molecule has 0 aliphatic heterocycles. The fraction of sp³-hybridized carbons (Fsp3) is 0.556. The molecule has 10 heavy (non-hydrogen) atoms. The van der Waals surface area contributed by atoms with Crippen LogP contribution in [0.25, 0.3) is 0 Å². The lowest BCUT2D eigenvalue weighted by Crippen LogP contribution is -2.14. The molecular formula is C9H15N. The highest BCUT2D eigenvalue weighted by molar-refractivity contribution is 5.17. The van der Waals surface area contributed by atoms with Crippen molar-refractivity contribution in [2.45, 2.75) is 6.42 Å². The van der Waals surface area contributed by atoms with E-state index < -0.39 is 0 Å². The topological polar surface area (TPSA) is 3.24 Å². The molecule has 1 aliphatic rings. The van der Waals surface area contributed by atoms with E-state index >= 15 is 0 Å². The second-order valence-electron chi connectivity index (χ2n) is 3.03. The monoisotopic (exact) mass is 137 g/mol. The minimum Gasteiger partial charge on any atom is -0.309 e. The van der Waals surface area contributed by atoms with Crippen LogP contribution in [0.5, 0.6) is 0 Å². The van der Waals surface area contributed by atoms with E-state index in [1.807, 2.05) is 0 Å². The van der Waals surface area contributed by atoms with Crippen LogP contribution in [0.3, 0.4) is 0 Å². The zero-order valence-corrected chi connectivity index (χ0v) is 6.75. The van der Waals surface area contributed by atoms with E-state index in [0.29, 0.717) is 5.92 Å². The minimum atomic E-state index is 0.697. The summed E-state index contributed by atoms with van der Waals surface area (Å²) in [4.78, 5) is 2.22.